The van der Waals surface area contributed by atoms with E-state index >= 15 is 0 Å². The minimum absolute atomic E-state index is 0.117. The first-order valence-electron chi connectivity index (χ1n) is 12.1. The first-order valence-corrected chi connectivity index (χ1v) is 12.1. The SMILES string of the molecule is CC(C)COc1ccc(CCNC(=O)NC2CCN(C(=O)C3CCCCC3)CC2)cc1. The van der Waals surface area contributed by atoms with Crippen molar-refractivity contribution in [3.8, 4) is 5.75 Å². The van der Waals surface area contributed by atoms with E-state index in [1.807, 2.05) is 29.2 Å². The highest BCUT2D eigenvalue weighted by Crippen LogP contribution is 2.26. The van der Waals surface area contributed by atoms with Gasteiger partial charge in [-0.15, -0.1) is 0 Å². The molecule has 6 nitrogen and oxygen atoms in total. The number of urea groups is 1. The molecule has 172 valence electrons. The number of hydrogen-bond donors (Lipinski definition) is 2. The Bertz CT molecular complexity index is 690. The van der Waals surface area contributed by atoms with Crippen LogP contribution < -0.4 is 15.4 Å². The molecule has 0 spiro atoms. The molecular formula is C25H39N3O3. The van der Waals surface area contributed by atoms with E-state index in [1.165, 1.54) is 24.8 Å². The Morgan fingerprint density at radius 2 is 1.71 bits per heavy atom. The number of rotatable bonds is 8. The Kier molecular flexibility index (Phi) is 9.04. The molecule has 1 saturated heterocycles. The van der Waals surface area contributed by atoms with Crippen LogP contribution in [0, 0.1) is 11.8 Å². The molecule has 0 bridgehead atoms. The lowest BCUT2D eigenvalue weighted by atomic mass is 9.87. The predicted molar refractivity (Wildman–Crippen MR) is 123 cm³/mol. The maximum absolute atomic E-state index is 12.7. The summed E-state index contributed by atoms with van der Waals surface area (Å²) in [5, 5.41) is 6.03. The third-order valence-electron chi connectivity index (χ3n) is 6.30. The van der Waals surface area contributed by atoms with Gasteiger partial charge in [0.25, 0.3) is 0 Å². The molecule has 1 heterocycles. The molecular weight excluding hydrogens is 390 g/mol. The van der Waals surface area contributed by atoms with Gasteiger partial charge in [-0.3, -0.25) is 4.79 Å². The van der Waals surface area contributed by atoms with Crippen molar-refractivity contribution in [2.45, 2.75) is 71.3 Å². The number of likely N-dealkylation sites (tertiary alicyclic amines) is 1. The summed E-state index contributed by atoms with van der Waals surface area (Å²) >= 11 is 0. The Morgan fingerprint density at radius 1 is 1.03 bits per heavy atom. The second-order valence-electron chi connectivity index (χ2n) is 9.43. The third-order valence-corrected chi connectivity index (χ3v) is 6.30. The van der Waals surface area contributed by atoms with E-state index in [0.717, 1.165) is 57.6 Å². The van der Waals surface area contributed by atoms with Gasteiger partial charge >= 0.3 is 6.03 Å². The fourth-order valence-electron chi connectivity index (χ4n) is 4.42. The maximum Gasteiger partial charge on any atom is 0.315 e. The number of nitrogens with one attached hydrogen (secondary N) is 2. The van der Waals surface area contributed by atoms with Crippen LogP contribution in [0.5, 0.6) is 5.75 Å². The number of carbonyl (C=O) groups excluding carboxylic acids is 2. The molecule has 2 aliphatic rings. The van der Waals surface area contributed by atoms with Crippen molar-refractivity contribution in [2.75, 3.05) is 26.2 Å². The number of benzene rings is 1. The van der Waals surface area contributed by atoms with Gasteiger partial charge in [-0.25, -0.2) is 4.79 Å². The van der Waals surface area contributed by atoms with Crippen LogP contribution in [-0.2, 0) is 11.2 Å². The number of hydrogen-bond acceptors (Lipinski definition) is 3. The van der Waals surface area contributed by atoms with E-state index in [-0.39, 0.29) is 18.0 Å². The number of piperidine rings is 1. The van der Waals surface area contributed by atoms with E-state index in [9.17, 15) is 9.59 Å². The average Bonchev–Trinajstić information content (AvgIpc) is 2.79. The van der Waals surface area contributed by atoms with E-state index < -0.39 is 0 Å². The van der Waals surface area contributed by atoms with Crippen LogP contribution >= 0.6 is 0 Å². The van der Waals surface area contributed by atoms with Gasteiger partial charge in [-0.1, -0.05) is 45.2 Å². The molecule has 1 aliphatic carbocycles. The number of amides is 3. The zero-order valence-corrected chi connectivity index (χ0v) is 19.2. The van der Waals surface area contributed by atoms with Gasteiger partial charge in [0.2, 0.25) is 5.91 Å². The van der Waals surface area contributed by atoms with Gasteiger partial charge in [0.1, 0.15) is 5.75 Å². The zero-order chi connectivity index (χ0) is 22.1. The lowest BCUT2D eigenvalue weighted by Gasteiger charge is -2.35. The highest BCUT2D eigenvalue weighted by molar-refractivity contribution is 5.79. The second kappa shape index (κ2) is 12.0. The van der Waals surface area contributed by atoms with Crippen molar-refractivity contribution in [3.63, 3.8) is 0 Å². The van der Waals surface area contributed by atoms with Crippen molar-refractivity contribution in [1.82, 2.24) is 15.5 Å². The van der Waals surface area contributed by atoms with Gasteiger partial charge in [-0.05, 0) is 55.7 Å². The highest BCUT2D eigenvalue weighted by atomic mass is 16.5. The summed E-state index contributed by atoms with van der Waals surface area (Å²) < 4.78 is 5.70. The molecule has 1 aliphatic heterocycles. The van der Waals surface area contributed by atoms with E-state index in [0.29, 0.717) is 18.4 Å². The van der Waals surface area contributed by atoms with Crippen molar-refractivity contribution >= 4 is 11.9 Å². The van der Waals surface area contributed by atoms with Crippen LogP contribution in [0.2, 0.25) is 0 Å². The Morgan fingerprint density at radius 3 is 2.35 bits per heavy atom. The molecule has 0 radical (unpaired) electrons. The van der Waals surface area contributed by atoms with Gasteiger partial charge in [0, 0.05) is 31.6 Å². The molecule has 0 aromatic heterocycles. The second-order valence-corrected chi connectivity index (χ2v) is 9.43. The monoisotopic (exact) mass is 429 g/mol. The molecule has 1 saturated carbocycles. The third kappa shape index (κ3) is 7.75. The summed E-state index contributed by atoms with van der Waals surface area (Å²) in [6, 6.07) is 8.10. The Hall–Kier alpha value is -2.24. The Balaban J connectivity index is 1.30. The normalized spacial score (nSPS) is 18.1. The van der Waals surface area contributed by atoms with Gasteiger partial charge in [-0.2, -0.15) is 0 Å². The molecule has 3 rings (SSSR count). The highest BCUT2D eigenvalue weighted by Gasteiger charge is 2.29. The first kappa shape index (κ1) is 23.4. The standard InChI is InChI=1S/C25H39N3O3/c1-19(2)18-31-23-10-8-20(9-11-23)12-15-26-25(30)27-22-13-16-28(17-14-22)24(29)21-6-4-3-5-7-21/h8-11,19,21-22H,3-7,12-18H2,1-2H3,(H2,26,27,30). The molecule has 3 amide bonds. The summed E-state index contributed by atoms with van der Waals surface area (Å²) in [5.41, 5.74) is 1.17. The van der Waals surface area contributed by atoms with Crippen molar-refractivity contribution in [1.29, 1.82) is 0 Å². The number of nitrogens with zero attached hydrogens (tertiary/aromatic N) is 1. The maximum atomic E-state index is 12.7. The molecule has 1 aromatic rings. The predicted octanol–water partition coefficient (Wildman–Crippen LogP) is 4.13. The van der Waals surface area contributed by atoms with Crippen LogP contribution in [-0.4, -0.2) is 49.1 Å². The minimum atomic E-state index is -0.117. The largest absolute Gasteiger partial charge is 0.493 e. The van der Waals surface area contributed by atoms with E-state index in [1.54, 1.807) is 0 Å². The molecule has 1 aromatic carbocycles. The summed E-state index contributed by atoms with van der Waals surface area (Å²) in [6.45, 7) is 7.08. The first-order chi connectivity index (χ1) is 15.0. The summed E-state index contributed by atoms with van der Waals surface area (Å²) in [6.07, 6.45) is 8.19. The van der Waals surface area contributed by atoms with E-state index in [4.69, 9.17) is 4.74 Å². The van der Waals surface area contributed by atoms with Crippen LogP contribution in [0.3, 0.4) is 0 Å². The average molecular weight is 430 g/mol. The van der Waals surface area contributed by atoms with Crippen molar-refractivity contribution in [2.24, 2.45) is 11.8 Å². The summed E-state index contributed by atoms with van der Waals surface area (Å²) in [7, 11) is 0. The molecule has 6 heteroatoms. The van der Waals surface area contributed by atoms with Crippen LogP contribution in [0.25, 0.3) is 0 Å². The number of carbonyl (C=O) groups is 2. The smallest absolute Gasteiger partial charge is 0.315 e. The van der Waals surface area contributed by atoms with Crippen LogP contribution in [0.4, 0.5) is 4.79 Å². The Labute approximate surface area is 187 Å². The van der Waals surface area contributed by atoms with Crippen molar-refractivity contribution < 1.29 is 14.3 Å². The number of ether oxygens (including phenoxy) is 1. The van der Waals surface area contributed by atoms with Crippen LogP contribution in [0.1, 0.15) is 64.4 Å². The molecule has 0 atom stereocenters. The fourth-order valence-corrected chi connectivity index (χ4v) is 4.42. The lowest BCUT2D eigenvalue weighted by molar-refractivity contribution is -0.137. The van der Waals surface area contributed by atoms with Crippen molar-refractivity contribution in [3.05, 3.63) is 29.8 Å². The van der Waals surface area contributed by atoms with Crippen LogP contribution in [0.15, 0.2) is 24.3 Å². The zero-order valence-electron chi connectivity index (χ0n) is 19.2. The molecule has 2 fully saturated rings. The summed E-state index contributed by atoms with van der Waals surface area (Å²) in [4.78, 5) is 26.9. The fraction of sp³-hybridized carbons (Fsp3) is 0.680. The molecule has 2 N–H and O–H groups in total. The van der Waals surface area contributed by atoms with E-state index in [2.05, 4.69) is 24.5 Å². The lowest BCUT2D eigenvalue weighted by Crippen LogP contribution is -2.50. The van der Waals surface area contributed by atoms with Gasteiger partial charge in [0.05, 0.1) is 6.61 Å². The minimum Gasteiger partial charge on any atom is -0.493 e. The van der Waals surface area contributed by atoms with Gasteiger partial charge in [0.15, 0.2) is 0 Å². The summed E-state index contributed by atoms with van der Waals surface area (Å²) in [5.74, 6) is 1.96. The quantitative estimate of drug-likeness (QED) is 0.653. The van der Waals surface area contributed by atoms with Gasteiger partial charge < -0.3 is 20.3 Å². The molecule has 31 heavy (non-hydrogen) atoms. The topological polar surface area (TPSA) is 70.7 Å². The molecule has 0 unspecified atom stereocenters.